The summed E-state index contributed by atoms with van der Waals surface area (Å²) in [4.78, 5) is 24.0. The average Bonchev–Trinajstić information content (AvgIpc) is 2.11. The molecule has 0 aliphatic heterocycles. The Hall–Kier alpha value is -1.29. The number of carbonyl (C=O) groups is 2. The zero-order valence-corrected chi connectivity index (χ0v) is 9.96. The van der Waals surface area contributed by atoms with E-state index in [4.69, 9.17) is 11.6 Å². The average molecular weight is 232 g/mol. The predicted molar refractivity (Wildman–Crippen MR) is 58.4 cm³/mol. The molecule has 0 aromatic carbocycles. The maximum absolute atomic E-state index is 11.2. The maximum atomic E-state index is 11.2. The van der Waals surface area contributed by atoms with Crippen LogP contribution in [0.3, 0.4) is 0 Å². The molecule has 0 N–H and O–H groups in total. The summed E-state index contributed by atoms with van der Waals surface area (Å²) >= 11 is 5.80. The van der Waals surface area contributed by atoms with Crippen molar-refractivity contribution in [2.45, 2.75) is 6.92 Å². The van der Waals surface area contributed by atoms with Gasteiger partial charge in [0.15, 0.2) is 5.78 Å². The highest BCUT2D eigenvalue weighted by Crippen LogP contribution is 2.10. The fourth-order valence-corrected chi connectivity index (χ4v) is 1.14. The Bertz CT molecular complexity index is 319. The van der Waals surface area contributed by atoms with Gasteiger partial charge in [0.1, 0.15) is 5.57 Å². The predicted octanol–water partition coefficient (Wildman–Crippen LogP) is 1.32. The largest absolute Gasteiger partial charge is 0.465 e. The Morgan fingerprint density at radius 1 is 1.33 bits per heavy atom. The Balaban J connectivity index is 5.01. The lowest BCUT2D eigenvalue weighted by Crippen LogP contribution is -2.12. The zero-order chi connectivity index (χ0) is 12.0. The van der Waals surface area contributed by atoms with Crippen LogP contribution in [0.4, 0.5) is 0 Å². The molecule has 0 atom stereocenters. The van der Waals surface area contributed by atoms with Crippen LogP contribution in [0.25, 0.3) is 0 Å². The SMILES string of the molecule is COC(=O)/C(=C\C(Cl)=C/N(C)C)C(C)=O. The standard InChI is InChI=1S/C10H14ClNO3/c1-7(13)9(10(14)15-4)5-8(11)6-12(2)3/h5-6H,1-4H3/b8-6+,9-5-. The molecule has 0 aromatic rings. The van der Waals surface area contributed by atoms with Gasteiger partial charge >= 0.3 is 5.97 Å². The van der Waals surface area contributed by atoms with E-state index in [0.29, 0.717) is 0 Å². The van der Waals surface area contributed by atoms with Gasteiger partial charge in [0.25, 0.3) is 0 Å². The molecule has 0 radical (unpaired) electrons. The molecule has 0 aromatic heterocycles. The first-order valence-corrected chi connectivity index (χ1v) is 4.61. The first-order chi connectivity index (χ1) is 6.88. The Labute approximate surface area is 94.1 Å². The monoisotopic (exact) mass is 231 g/mol. The van der Waals surface area contributed by atoms with Crippen LogP contribution in [0.15, 0.2) is 22.9 Å². The van der Waals surface area contributed by atoms with E-state index in [-0.39, 0.29) is 16.4 Å². The summed E-state index contributed by atoms with van der Waals surface area (Å²) in [6.07, 6.45) is 2.86. The summed E-state index contributed by atoms with van der Waals surface area (Å²) in [5.41, 5.74) is -0.0689. The molecule has 0 aliphatic rings. The number of rotatable bonds is 4. The van der Waals surface area contributed by atoms with Crippen molar-refractivity contribution in [2.24, 2.45) is 0 Å². The lowest BCUT2D eigenvalue weighted by Gasteiger charge is -2.05. The Morgan fingerprint density at radius 3 is 2.20 bits per heavy atom. The number of nitrogens with zero attached hydrogens (tertiary/aromatic N) is 1. The van der Waals surface area contributed by atoms with E-state index < -0.39 is 5.97 Å². The molecule has 0 saturated heterocycles. The molecule has 0 saturated carbocycles. The van der Waals surface area contributed by atoms with Gasteiger partial charge in [-0.2, -0.15) is 0 Å². The van der Waals surface area contributed by atoms with Crippen molar-refractivity contribution in [3.05, 3.63) is 22.9 Å². The smallest absolute Gasteiger partial charge is 0.341 e. The van der Waals surface area contributed by atoms with Gasteiger partial charge in [-0.15, -0.1) is 0 Å². The number of methoxy groups -OCH3 is 1. The van der Waals surface area contributed by atoms with Gasteiger partial charge in [-0.3, -0.25) is 4.79 Å². The zero-order valence-electron chi connectivity index (χ0n) is 9.20. The minimum atomic E-state index is -0.687. The molecule has 15 heavy (non-hydrogen) atoms. The van der Waals surface area contributed by atoms with Crippen molar-refractivity contribution in [3.63, 3.8) is 0 Å². The first kappa shape index (κ1) is 13.7. The lowest BCUT2D eigenvalue weighted by atomic mass is 10.2. The molecule has 84 valence electrons. The minimum absolute atomic E-state index is 0.0689. The van der Waals surface area contributed by atoms with Crippen LogP contribution in [-0.4, -0.2) is 37.9 Å². The van der Waals surface area contributed by atoms with Crippen molar-refractivity contribution in [3.8, 4) is 0 Å². The second-order valence-corrected chi connectivity index (χ2v) is 3.52. The summed E-state index contributed by atoms with van der Waals surface area (Å²) in [7, 11) is 4.77. The van der Waals surface area contributed by atoms with Crippen LogP contribution in [0.5, 0.6) is 0 Å². The number of allylic oxidation sites excluding steroid dienone is 2. The molecule has 0 heterocycles. The molecular weight excluding hydrogens is 218 g/mol. The highest BCUT2D eigenvalue weighted by atomic mass is 35.5. The summed E-state index contributed by atoms with van der Waals surface area (Å²) in [6, 6.07) is 0. The van der Waals surface area contributed by atoms with Gasteiger partial charge in [-0.05, 0) is 13.0 Å². The molecule has 0 amide bonds. The second-order valence-electron chi connectivity index (χ2n) is 3.08. The third-order valence-corrected chi connectivity index (χ3v) is 1.66. The van der Waals surface area contributed by atoms with Crippen LogP contribution in [-0.2, 0) is 14.3 Å². The fourth-order valence-electron chi connectivity index (χ4n) is 0.836. The van der Waals surface area contributed by atoms with Gasteiger partial charge in [-0.25, -0.2) is 4.79 Å². The summed E-state index contributed by atoms with van der Waals surface area (Å²) < 4.78 is 4.45. The number of ketones is 1. The molecule has 0 bridgehead atoms. The number of carbonyl (C=O) groups excluding carboxylic acids is 2. The maximum Gasteiger partial charge on any atom is 0.341 e. The molecular formula is C10H14ClNO3. The topological polar surface area (TPSA) is 46.6 Å². The molecule has 0 fully saturated rings. The van der Waals surface area contributed by atoms with Crippen molar-refractivity contribution in [1.82, 2.24) is 4.90 Å². The number of hydrogen-bond acceptors (Lipinski definition) is 4. The Morgan fingerprint density at radius 2 is 1.87 bits per heavy atom. The third kappa shape index (κ3) is 5.22. The summed E-state index contributed by atoms with van der Waals surface area (Å²) in [5, 5.41) is 0.288. The van der Waals surface area contributed by atoms with Gasteiger partial charge in [0.2, 0.25) is 0 Å². The molecule has 0 unspecified atom stereocenters. The molecule has 5 heteroatoms. The second kappa shape index (κ2) is 6.24. The van der Waals surface area contributed by atoms with E-state index in [9.17, 15) is 9.59 Å². The van der Waals surface area contributed by atoms with E-state index >= 15 is 0 Å². The van der Waals surface area contributed by atoms with E-state index in [1.54, 1.807) is 25.2 Å². The van der Waals surface area contributed by atoms with Crippen molar-refractivity contribution < 1.29 is 14.3 Å². The molecule has 0 aliphatic carbocycles. The summed E-state index contributed by atoms with van der Waals surface area (Å²) in [6.45, 7) is 1.28. The molecule has 4 nitrogen and oxygen atoms in total. The number of halogens is 1. The van der Waals surface area contributed by atoms with Gasteiger partial charge in [0.05, 0.1) is 12.1 Å². The third-order valence-electron chi connectivity index (χ3n) is 1.45. The Kier molecular flexibility index (Phi) is 5.70. The fraction of sp³-hybridized carbons (Fsp3) is 0.400. The highest BCUT2D eigenvalue weighted by molar-refractivity contribution is 6.32. The van der Waals surface area contributed by atoms with Gasteiger partial charge in [0, 0.05) is 20.3 Å². The normalized spacial score (nSPS) is 12.3. The van der Waals surface area contributed by atoms with Crippen LogP contribution in [0.1, 0.15) is 6.92 Å². The van der Waals surface area contributed by atoms with Crippen LogP contribution >= 0.6 is 11.6 Å². The first-order valence-electron chi connectivity index (χ1n) is 4.23. The van der Waals surface area contributed by atoms with Crippen molar-refractivity contribution in [1.29, 1.82) is 0 Å². The highest BCUT2D eigenvalue weighted by Gasteiger charge is 2.14. The lowest BCUT2D eigenvalue weighted by molar-refractivity contribution is -0.137. The summed E-state index contributed by atoms with van der Waals surface area (Å²) in [5.74, 6) is -1.07. The van der Waals surface area contributed by atoms with E-state index in [2.05, 4.69) is 4.74 Å². The number of ether oxygens (including phenoxy) is 1. The van der Waals surface area contributed by atoms with Crippen molar-refractivity contribution in [2.75, 3.05) is 21.2 Å². The van der Waals surface area contributed by atoms with Gasteiger partial charge in [-0.1, -0.05) is 11.6 Å². The van der Waals surface area contributed by atoms with E-state index in [0.717, 1.165) is 0 Å². The van der Waals surface area contributed by atoms with Crippen LogP contribution < -0.4 is 0 Å². The molecule has 0 spiro atoms. The van der Waals surface area contributed by atoms with E-state index in [1.165, 1.54) is 20.1 Å². The van der Waals surface area contributed by atoms with Crippen LogP contribution in [0, 0.1) is 0 Å². The molecule has 0 rings (SSSR count). The minimum Gasteiger partial charge on any atom is -0.465 e. The van der Waals surface area contributed by atoms with Crippen molar-refractivity contribution >= 4 is 23.4 Å². The quantitative estimate of drug-likeness (QED) is 0.241. The number of hydrogen-bond donors (Lipinski definition) is 0. The number of esters is 1. The van der Waals surface area contributed by atoms with Gasteiger partial charge < -0.3 is 9.64 Å². The number of Topliss-reactive ketones (excluding diaryl/α,β-unsaturated/α-hetero) is 1. The van der Waals surface area contributed by atoms with E-state index in [1.807, 2.05) is 0 Å². The van der Waals surface area contributed by atoms with Crippen LogP contribution in [0.2, 0.25) is 0 Å².